The first-order chi connectivity index (χ1) is 8.63. The number of piperidine rings is 1. The zero-order valence-corrected chi connectivity index (χ0v) is 10.6. The Morgan fingerprint density at radius 1 is 1.61 bits per heavy atom. The van der Waals surface area contributed by atoms with E-state index in [1.165, 1.54) is 6.33 Å². The molecule has 0 radical (unpaired) electrons. The number of hydrogen-bond acceptors (Lipinski definition) is 5. The zero-order valence-electron chi connectivity index (χ0n) is 9.84. The molecule has 0 aromatic carbocycles. The molecule has 18 heavy (non-hydrogen) atoms. The molecule has 1 unspecified atom stereocenters. The van der Waals surface area contributed by atoms with Crippen LogP contribution in [0, 0.1) is 5.92 Å². The average molecular weight is 271 g/mol. The highest BCUT2D eigenvalue weighted by molar-refractivity contribution is 6.30. The fourth-order valence-electron chi connectivity index (χ4n) is 2.19. The monoisotopic (exact) mass is 270 g/mol. The van der Waals surface area contributed by atoms with Gasteiger partial charge in [-0.3, -0.25) is 4.79 Å². The number of aliphatic hydroxyl groups excluding tert-OH is 1. The normalized spacial score (nSPS) is 19.9. The number of primary amides is 1. The lowest BCUT2D eigenvalue weighted by Crippen LogP contribution is -2.42. The summed E-state index contributed by atoms with van der Waals surface area (Å²) in [4.78, 5) is 21.2. The van der Waals surface area contributed by atoms with Crippen LogP contribution < -0.4 is 10.6 Å². The van der Waals surface area contributed by atoms with Crippen molar-refractivity contribution in [2.24, 2.45) is 11.7 Å². The molecule has 1 fully saturated rings. The second kappa shape index (κ2) is 5.49. The summed E-state index contributed by atoms with van der Waals surface area (Å²) in [5.74, 6) is 0.105. The van der Waals surface area contributed by atoms with Gasteiger partial charge in [0.1, 0.15) is 17.3 Å². The van der Waals surface area contributed by atoms with Crippen molar-refractivity contribution in [2.75, 3.05) is 18.0 Å². The fraction of sp³-hybridized carbons (Fsp3) is 0.545. The van der Waals surface area contributed by atoms with E-state index in [0.717, 1.165) is 19.4 Å². The lowest BCUT2D eigenvalue weighted by atomic mass is 9.97. The van der Waals surface area contributed by atoms with Gasteiger partial charge in [-0.15, -0.1) is 0 Å². The summed E-state index contributed by atoms with van der Waals surface area (Å²) in [5, 5.41) is 9.56. The molecular weight excluding hydrogens is 256 g/mol. The second-order valence-corrected chi connectivity index (χ2v) is 4.67. The fourth-order valence-corrected chi connectivity index (χ4v) is 2.38. The summed E-state index contributed by atoms with van der Waals surface area (Å²) in [6.07, 6.45) is 3.00. The number of carbonyl (C=O) groups excluding carboxylic acids is 1. The lowest BCUT2D eigenvalue weighted by molar-refractivity contribution is -0.122. The minimum Gasteiger partial charge on any atom is -0.391 e. The van der Waals surface area contributed by atoms with E-state index in [2.05, 4.69) is 9.97 Å². The van der Waals surface area contributed by atoms with Gasteiger partial charge in [-0.05, 0) is 12.8 Å². The Balaban J connectivity index is 2.26. The van der Waals surface area contributed by atoms with Gasteiger partial charge in [-0.1, -0.05) is 11.6 Å². The molecule has 1 aromatic rings. The maximum absolute atomic E-state index is 11.2. The van der Waals surface area contributed by atoms with E-state index in [4.69, 9.17) is 17.3 Å². The minimum atomic E-state index is -0.301. The number of nitrogens with zero attached hydrogens (tertiary/aromatic N) is 3. The van der Waals surface area contributed by atoms with Gasteiger partial charge in [-0.2, -0.15) is 0 Å². The Bertz CT molecular complexity index is 455. The third-order valence-electron chi connectivity index (χ3n) is 3.15. The van der Waals surface area contributed by atoms with Crippen LogP contribution >= 0.6 is 11.6 Å². The summed E-state index contributed by atoms with van der Waals surface area (Å²) in [7, 11) is 0. The molecule has 1 atom stereocenters. The molecule has 98 valence electrons. The Kier molecular flexibility index (Phi) is 3.98. The van der Waals surface area contributed by atoms with Crippen LogP contribution in [-0.4, -0.2) is 34.1 Å². The molecule has 3 N–H and O–H groups in total. The summed E-state index contributed by atoms with van der Waals surface area (Å²) >= 11 is 5.92. The van der Waals surface area contributed by atoms with Crippen LogP contribution in [0.25, 0.3) is 0 Å². The van der Waals surface area contributed by atoms with E-state index in [0.29, 0.717) is 17.9 Å². The highest BCUT2D eigenvalue weighted by Gasteiger charge is 2.26. The minimum absolute atomic E-state index is 0.181. The average Bonchev–Trinajstić information content (AvgIpc) is 2.38. The predicted octanol–water partition coefficient (Wildman–Crippen LogP) is 0.324. The van der Waals surface area contributed by atoms with Crippen LogP contribution in [0.5, 0.6) is 0 Å². The van der Waals surface area contributed by atoms with Crippen molar-refractivity contribution in [2.45, 2.75) is 19.4 Å². The van der Waals surface area contributed by atoms with Crippen molar-refractivity contribution in [1.82, 2.24) is 9.97 Å². The van der Waals surface area contributed by atoms with Crippen molar-refractivity contribution >= 4 is 23.3 Å². The van der Waals surface area contributed by atoms with Crippen LogP contribution in [0.3, 0.4) is 0 Å². The van der Waals surface area contributed by atoms with Gasteiger partial charge < -0.3 is 15.7 Å². The molecule has 1 aliphatic heterocycles. The molecule has 7 heteroatoms. The van der Waals surface area contributed by atoms with Crippen LogP contribution in [0.4, 0.5) is 5.82 Å². The predicted molar refractivity (Wildman–Crippen MR) is 67.1 cm³/mol. The number of hydrogen-bond donors (Lipinski definition) is 2. The molecule has 1 aromatic heterocycles. The smallest absolute Gasteiger partial charge is 0.222 e. The first-order valence-corrected chi connectivity index (χ1v) is 6.15. The first-order valence-electron chi connectivity index (χ1n) is 5.78. The van der Waals surface area contributed by atoms with Crippen molar-refractivity contribution in [1.29, 1.82) is 0 Å². The number of rotatable bonds is 3. The molecular formula is C11H15ClN4O2. The van der Waals surface area contributed by atoms with Crippen molar-refractivity contribution in [3.8, 4) is 0 Å². The van der Waals surface area contributed by atoms with Gasteiger partial charge >= 0.3 is 0 Å². The van der Waals surface area contributed by atoms with Crippen molar-refractivity contribution in [3.63, 3.8) is 0 Å². The van der Waals surface area contributed by atoms with Gasteiger partial charge in [0.2, 0.25) is 5.91 Å². The number of anilines is 1. The molecule has 2 rings (SSSR count). The summed E-state index contributed by atoms with van der Waals surface area (Å²) in [6, 6.07) is 0. The molecule has 1 saturated heterocycles. The highest BCUT2D eigenvalue weighted by atomic mass is 35.5. The lowest BCUT2D eigenvalue weighted by Gasteiger charge is -2.33. The Morgan fingerprint density at radius 2 is 2.39 bits per heavy atom. The zero-order chi connectivity index (χ0) is 13.1. The van der Waals surface area contributed by atoms with Gasteiger partial charge in [-0.25, -0.2) is 9.97 Å². The van der Waals surface area contributed by atoms with Gasteiger partial charge in [0.25, 0.3) is 0 Å². The van der Waals surface area contributed by atoms with Crippen molar-refractivity contribution < 1.29 is 9.90 Å². The van der Waals surface area contributed by atoms with E-state index < -0.39 is 0 Å². The number of aliphatic hydroxyl groups is 1. The van der Waals surface area contributed by atoms with Gasteiger partial charge in [0, 0.05) is 13.1 Å². The molecule has 0 saturated carbocycles. The van der Waals surface area contributed by atoms with Crippen LogP contribution in [0.1, 0.15) is 18.4 Å². The Hall–Kier alpha value is -1.40. The first kappa shape index (κ1) is 13.0. The second-order valence-electron chi connectivity index (χ2n) is 4.31. The standard InChI is InChI=1S/C11H15ClN4O2/c12-9-8(5-17)11(15-6-14-9)16-3-1-2-7(4-16)10(13)18/h6-7,17H,1-5H2,(H2,13,18). The summed E-state index contributed by atoms with van der Waals surface area (Å²) < 4.78 is 0. The number of nitrogens with two attached hydrogens (primary N) is 1. The van der Waals surface area contributed by atoms with Crippen molar-refractivity contribution in [3.05, 3.63) is 17.0 Å². The van der Waals surface area contributed by atoms with E-state index in [1.54, 1.807) is 0 Å². The Labute approximate surface area is 110 Å². The summed E-state index contributed by atoms with van der Waals surface area (Å²) in [6.45, 7) is 1.05. The molecule has 2 heterocycles. The third kappa shape index (κ3) is 2.54. The highest BCUT2D eigenvalue weighted by Crippen LogP contribution is 2.27. The summed E-state index contributed by atoms with van der Waals surface area (Å²) in [5.41, 5.74) is 5.82. The van der Waals surface area contributed by atoms with Gasteiger partial charge in [0.05, 0.1) is 18.1 Å². The molecule has 1 aliphatic rings. The SMILES string of the molecule is NC(=O)C1CCCN(c2ncnc(Cl)c2CO)C1. The quantitative estimate of drug-likeness (QED) is 0.772. The number of carbonyl (C=O) groups is 1. The van der Waals surface area contributed by atoms with E-state index >= 15 is 0 Å². The Morgan fingerprint density at radius 3 is 3.06 bits per heavy atom. The molecule has 0 aliphatic carbocycles. The van der Waals surface area contributed by atoms with Crippen LogP contribution in [-0.2, 0) is 11.4 Å². The molecule has 1 amide bonds. The van der Waals surface area contributed by atoms with Gasteiger partial charge in [0.15, 0.2) is 0 Å². The maximum atomic E-state index is 11.2. The van der Waals surface area contributed by atoms with Crippen LogP contribution in [0.15, 0.2) is 6.33 Å². The topological polar surface area (TPSA) is 92.3 Å². The van der Waals surface area contributed by atoms with E-state index in [1.807, 2.05) is 4.90 Å². The van der Waals surface area contributed by atoms with E-state index in [-0.39, 0.29) is 23.6 Å². The molecule has 0 bridgehead atoms. The molecule has 0 spiro atoms. The maximum Gasteiger partial charge on any atom is 0.222 e. The van der Waals surface area contributed by atoms with Crippen LogP contribution in [0.2, 0.25) is 5.15 Å². The number of halogens is 1. The molecule has 6 nitrogen and oxygen atoms in total. The number of amides is 1. The van der Waals surface area contributed by atoms with E-state index in [9.17, 15) is 9.90 Å². The number of aromatic nitrogens is 2. The largest absolute Gasteiger partial charge is 0.391 e. The third-order valence-corrected chi connectivity index (χ3v) is 3.48.